The van der Waals surface area contributed by atoms with E-state index in [2.05, 4.69) is 0 Å². The molecule has 0 aromatic heterocycles. The number of amides is 1. The quantitative estimate of drug-likeness (QED) is 0.823. The molecule has 0 spiro atoms. The van der Waals surface area contributed by atoms with Crippen LogP contribution >= 0.6 is 11.8 Å². The van der Waals surface area contributed by atoms with Gasteiger partial charge >= 0.3 is 5.97 Å². The van der Waals surface area contributed by atoms with Gasteiger partial charge in [-0.2, -0.15) is 16.1 Å². The van der Waals surface area contributed by atoms with Gasteiger partial charge in [0.1, 0.15) is 0 Å². The van der Waals surface area contributed by atoms with Gasteiger partial charge < -0.3 is 10.0 Å². The number of hydrogen-bond acceptors (Lipinski definition) is 5. The van der Waals surface area contributed by atoms with Crippen LogP contribution in [-0.2, 0) is 14.8 Å². The van der Waals surface area contributed by atoms with E-state index in [0.717, 1.165) is 24.3 Å². The fourth-order valence-corrected chi connectivity index (χ4v) is 5.80. The van der Waals surface area contributed by atoms with Crippen LogP contribution in [0.5, 0.6) is 0 Å². The predicted octanol–water partition coefficient (Wildman–Crippen LogP) is 1.36. The van der Waals surface area contributed by atoms with Gasteiger partial charge in [0.05, 0.1) is 10.5 Å². The van der Waals surface area contributed by atoms with E-state index in [4.69, 9.17) is 5.11 Å². The topological polar surface area (TPSA) is 95.0 Å². The minimum absolute atomic E-state index is 0.0463. The highest BCUT2D eigenvalue weighted by atomic mass is 32.2. The number of nitrogens with zero attached hydrogens (tertiary/aromatic N) is 2. The minimum atomic E-state index is -3.68. The second-order valence-electron chi connectivity index (χ2n) is 6.45. The summed E-state index contributed by atoms with van der Waals surface area (Å²) >= 11 is 1.87. The zero-order valence-corrected chi connectivity index (χ0v) is 16.0. The highest BCUT2D eigenvalue weighted by Gasteiger charge is 2.33. The normalized spacial score (nSPS) is 20.1. The van der Waals surface area contributed by atoms with E-state index in [1.807, 2.05) is 11.8 Å². The highest BCUT2D eigenvalue weighted by molar-refractivity contribution is 7.99. The summed E-state index contributed by atoms with van der Waals surface area (Å²) in [7, 11) is -3.68. The molecule has 0 unspecified atom stereocenters. The number of thioether (sulfide) groups is 1. The first-order valence-electron chi connectivity index (χ1n) is 8.59. The first kappa shape index (κ1) is 19.2. The second-order valence-corrected chi connectivity index (χ2v) is 9.61. The zero-order chi connectivity index (χ0) is 18.7. The molecule has 2 aliphatic rings. The Balaban J connectivity index is 1.63. The van der Waals surface area contributed by atoms with Crippen LogP contribution in [-0.4, -0.2) is 72.3 Å². The van der Waals surface area contributed by atoms with E-state index in [0.29, 0.717) is 13.1 Å². The molecule has 2 saturated heterocycles. The van der Waals surface area contributed by atoms with Gasteiger partial charge in [0.2, 0.25) is 15.9 Å². The third kappa shape index (κ3) is 4.05. The summed E-state index contributed by atoms with van der Waals surface area (Å²) in [5.41, 5.74) is 0.0463. The summed E-state index contributed by atoms with van der Waals surface area (Å²) in [6.45, 7) is 1.32. The van der Waals surface area contributed by atoms with E-state index >= 15 is 0 Å². The Morgan fingerprint density at radius 2 is 1.58 bits per heavy atom. The molecule has 142 valence electrons. The molecule has 0 aliphatic carbocycles. The number of rotatable bonds is 4. The Labute approximate surface area is 157 Å². The number of carboxylic acid groups (broad SMARTS) is 1. The molecule has 0 atom stereocenters. The maximum Gasteiger partial charge on any atom is 0.335 e. The maximum absolute atomic E-state index is 12.7. The van der Waals surface area contributed by atoms with Crippen molar-refractivity contribution in [1.29, 1.82) is 0 Å². The molecule has 2 aliphatic heterocycles. The number of benzene rings is 1. The van der Waals surface area contributed by atoms with Crippen molar-refractivity contribution in [3.63, 3.8) is 0 Å². The summed E-state index contributed by atoms with van der Waals surface area (Å²) < 4.78 is 26.8. The van der Waals surface area contributed by atoms with Crippen molar-refractivity contribution in [3.05, 3.63) is 29.8 Å². The lowest BCUT2D eigenvalue weighted by atomic mass is 10.0. The summed E-state index contributed by atoms with van der Waals surface area (Å²) in [6.07, 6.45) is 1.80. The first-order chi connectivity index (χ1) is 12.4. The van der Waals surface area contributed by atoms with Gasteiger partial charge in [0.25, 0.3) is 0 Å². The van der Waals surface area contributed by atoms with E-state index in [1.54, 1.807) is 4.90 Å². The molecule has 1 N–H and O–H groups in total. The van der Waals surface area contributed by atoms with Crippen LogP contribution in [0.15, 0.2) is 29.2 Å². The van der Waals surface area contributed by atoms with Crippen LogP contribution < -0.4 is 0 Å². The van der Waals surface area contributed by atoms with E-state index < -0.39 is 16.0 Å². The average molecular weight is 399 g/mol. The molecule has 3 rings (SSSR count). The molecule has 7 nitrogen and oxygen atoms in total. The SMILES string of the molecule is O=C(O)c1ccc(S(=O)(=O)N2CCN(C(=O)C3CCSCC3)CC2)cc1. The van der Waals surface area contributed by atoms with Crippen LogP contribution in [0.3, 0.4) is 0 Å². The van der Waals surface area contributed by atoms with Gasteiger partial charge in [-0.05, 0) is 48.6 Å². The van der Waals surface area contributed by atoms with Crippen molar-refractivity contribution < 1.29 is 23.1 Å². The molecule has 9 heteroatoms. The number of sulfonamides is 1. The third-order valence-electron chi connectivity index (χ3n) is 4.86. The number of hydrogen-bond donors (Lipinski definition) is 1. The molecule has 0 radical (unpaired) electrons. The van der Waals surface area contributed by atoms with Crippen molar-refractivity contribution >= 4 is 33.7 Å². The molecular formula is C17H22N2O5S2. The van der Waals surface area contributed by atoms with Gasteiger partial charge in [-0.1, -0.05) is 0 Å². The number of aromatic carboxylic acids is 1. The second kappa shape index (κ2) is 7.98. The standard InChI is InChI=1S/C17H22N2O5S2/c20-16(13-5-11-25-12-6-13)18-7-9-19(10-8-18)26(23,24)15-3-1-14(2-4-15)17(21)22/h1-4,13H,5-12H2,(H,21,22). The molecular weight excluding hydrogens is 376 g/mol. The van der Waals surface area contributed by atoms with Gasteiger partial charge in [0.15, 0.2) is 0 Å². The average Bonchev–Trinajstić information content (AvgIpc) is 2.68. The Morgan fingerprint density at radius 1 is 1.00 bits per heavy atom. The molecule has 26 heavy (non-hydrogen) atoms. The molecule has 1 aromatic rings. The molecule has 1 amide bonds. The lowest BCUT2D eigenvalue weighted by Crippen LogP contribution is -2.52. The maximum atomic E-state index is 12.7. The number of carbonyl (C=O) groups excluding carboxylic acids is 1. The van der Waals surface area contributed by atoms with Gasteiger partial charge in [0, 0.05) is 32.1 Å². The first-order valence-corrected chi connectivity index (χ1v) is 11.2. The van der Waals surface area contributed by atoms with Gasteiger partial charge in [-0.3, -0.25) is 4.79 Å². The monoisotopic (exact) mass is 398 g/mol. The third-order valence-corrected chi connectivity index (χ3v) is 7.82. The highest BCUT2D eigenvalue weighted by Crippen LogP contribution is 2.25. The predicted molar refractivity (Wildman–Crippen MR) is 98.8 cm³/mol. The summed E-state index contributed by atoms with van der Waals surface area (Å²) in [5, 5.41) is 8.92. The Bertz CT molecular complexity index is 765. The van der Waals surface area contributed by atoms with Crippen LogP contribution in [0.4, 0.5) is 0 Å². The molecule has 0 saturated carbocycles. The summed E-state index contributed by atoms with van der Waals surface area (Å²) in [4.78, 5) is 25.3. The molecule has 2 fully saturated rings. The summed E-state index contributed by atoms with van der Waals surface area (Å²) in [5.74, 6) is 1.15. The van der Waals surface area contributed by atoms with Crippen LogP contribution in [0.1, 0.15) is 23.2 Å². The van der Waals surface area contributed by atoms with Crippen molar-refractivity contribution in [2.24, 2.45) is 5.92 Å². The van der Waals surface area contributed by atoms with Gasteiger partial charge in [-0.15, -0.1) is 0 Å². The van der Waals surface area contributed by atoms with Gasteiger partial charge in [-0.25, -0.2) is 13.2 Å². The van der Waals surface area contributed by atoms with Crippen LogP contribution in [0.2, 0.25) is 0 Å². The number of carboxylic acids is 1. The zero-order valence-electron chi connectivity index (χ0n) is 14.3. The fraction of sp³-hybridized carbons (Fsp3) is 0.529. The fourth-order valence-electron chi connectivity index (χ4n) is 3.27. The summed E-state index contributed by atoms with van der Waals surface area (Å²) in [6, 6.07) is 5.21. The number of carbonyl (C=O) groups is 2. The van der Waals surface area contributed by atoms with Crippen molar-refractivity contribution in [2.45, 2.75) is 17.7 Å². The van der Waals surface area contributed by atoms with E-state index in [9.17, 15) is 18.0 Å². The Morgan fingerprint density at radius 3 is 2.12 bits per heavy atom. The smallest absolute Gasteiger partial charge is 0.335 e. The van der Waals surface area contributed by atoms with Crippen LogP contribution in [0, 0.1) is 5.92 Å². The lowest BCUT2D eigenvalue weighted by Gasteiger charge is -2.36. The van der Waals surface area contributed by atoms with E-state index in [1.165, 1.54) is 28.6 Å². The van der Waals surface area contributed by atoms with Crippen molar-refractivity contribution in [3.8, 4) is 0 Å². The lowest BCUT2D eigenvalue weighted by molar-refractivity contribution is -0.137. The molecule has 2 heterocycles. The Kier molecular flexibility index (Phi) is 5.89. The molecule has 0 bridgehead atoms. The largest absolute Gasteiger partial charge is 0.478 e. The number of piperazine rings is 1. The van der Waals surface area contributed by atoms with E-state index in [-0.39, 0.29) is 35.4 Å². The van der Waals surface area contributed by atoms with Crippen molar-refractivity contribution in [1.82, 2.24) is 9.21 Å². The van der Waals surface area contributed by atoms with Crippen LogP contribution in [0.25, 0.3) is 0 Å². The van der Waals surface area contributed by atoms with Crippen molar-refractivity contribution in [2.75, 3.05) is 37.7 Å². The minimum Gasteiger partial charge on any atom is -0.478 e. The Hall–Kier alpha value is -1.58. The molecule has 1 aromatic carbocycles.